The van der Waals surface area contributed by atoms with E-state index >= 15 is 0 Å². The summed E-state index contributed by atoms with van der Waals surface area (Å²) < 4.78 is 0. The van der Waals surface area contributed by atoms with Gasteiger partial charge in [-0.05, 0) is 24.8 Å². The number of hydrogen-bond acceptors (Lipinski definition) is 4. The van der Waals surface area contributed by atoms with Crippen LogP contribution in [0.15, 0.2) is 24.3 Å². The third kappa shape index (κ3) is 2.09. The number of hydrogen-bond donors (Lipinski definition) is 0. The number of carbonyl (C=O) groups is 1. The molecule has 0 amide bonds. The fourth-order valence-electron chi connectivity index (χ4n) is 2.40. The van der Waals surface area contributed by atoms with Gasteiger partial charge in [-0.15, -0.1) is 0 Å². The number of nitro benzene ring substituents is 1. The number of non-ortho nitro benzene ring substituents is 1. The summed E-state index contributed by atoms with van der Waals surface area (Å²) in [6.07, 6.45) is 1.97. The van der Waals surface area contributed by atoms with Gasteiger partial charge in [-0.2, -0.15) is 5.26 Å². The van der Waals surface area contributed by atoms with E-state index in [0.717, 1.165) is 6.42 Å². The molecule has 0 spiro atoms. The Morgan fingerprint density at radius 3 is 2.83 bits per heavy atom. The Labute approximate surface area is 104 Å². The van der Waals surface area contributed by atoms with Gasteiger partial charge in [0.1, 0.15) is 5.41 Å². The molecule has 1 fully saturated rings. The van der Waals surface area contributed by atoms with Crippen molar-refractivity contribution in [2.24, 2.45) is 5.41 Å². The van der Waals surface area contributed by atoms with Crippen LogP contribution in [0.4, 0.5) is 5.69 Å². The molecule has 2 rings (SSSR count). The van der Waals surface area contributed by atoms with Gasteiger partial charge < -0.3 is 0 Å². The third-order valence-electron chi connectivity index (χ3n) is 3.38. The van der Waals surface area contributed by atoms with Crippen LogP contribution in [0.2, 0.25) is 0 Å². The molecule has 92 valence electrons. The summed E-state index contributed by atoms with van der Waals surface area (Å²) in [5.74, 6) is -0.0449. The summed E-state index contributed by atoms with van der Waals surface area (Å²) in [4.78, 5) is 22.0. The van der Waals surface area contributed by atoms with E-state index in [1.54, 1.807) is 12.1 Å². The Balaban J connectivity index is 2.29. The van der Waals surface area contributed by atoms with Crippen molar-refractivity contribution in [2.75, 3.05) is 0 Å². The standard InChI is InChI=1S/C13H12N2O3/c14-9-13(6-2-5-12(13)16)8-10-3-1-4-11(7-10)15(17)18/h1,3-4,7H,2,5-6,8H2. The van der Waals surface area contributed by atoms with Gasteiger partial charge >= 0.3 is 0 Å². The molecule has 1 aliphatic rings. The first-order valence-electron chi connectivity index (χ1n) is 5.75. The summed E-state index contributed by atoms with van der Waals surface area (Å²) in [5.41, 5.74) is -0.318. The van der Waals surface area contributed by atoms with Gasteiger partial charge in [-0.3, -0.25) is 14.9 Å². The lowest BCUT2D eigenvalue weighted by Crippen LogP contribution is -2.26. The Bertz CT molecular complexity index is 547. The second-order valence-electron chi connectivity index (χ2n) is 4.57. The molecule has 5 nitrogen and oxygen atoms in total. The highest BCUT2D eigenvalue weighted by Crippen LogP contribution is 2.37. The zero-order valence-corrected chi connectivity index (χ0v) is 9.76. The largest absolute Gasteiger partial charge is 0.298 e. The second-order valence-corrected chi connectivity index (χ2v) is 4.57. The maximum atomic E-state index is 11.8. The minimum Gasteiger partial charge on any atom is -0.298 e. The SMILES string of the molecule is N#CC1(Cc2cccc([N+](=O)[O-])c2)CCCC1=O. The van der Waals surface area contributed by atoms with Crippen molar-refractivity contribution in [2.45, 2.75) is 25.7 Å². The first kappa shape index (κ1) is 12.2. The van der Waals surface area contributed by atoms with Gasteiger partial charge in [-0.1, -0.05) is 12.1 Å². The predicted octanol–water partition coefficient (Wildman–Crippen LogP) is 2.40. The lowest BCUT2D eigenvalue weighted by atomic mass is 9.80. The average Bonchev–Trinajstić information content (AvgIpc) is 2.72. The van der Waals surface area contributed by atoms with Crippen molar-refractivity contribution >= 4 is 11.5 Å². The summed E-state index contributed by atoms with van der Waals surface area (Å²) in [6.45, 7) is 0. The summed E-state index contributed by atoms with van der Waals surface area (Å²) in [7, 11) is 0. The first-order valence-corrected chi connectivity index (χ1v) is 5.75. The highest BCUT2D eigenvalue weighted by Gasteiger charge is 2.42. The van der Waals surface area contributed by atoms with Crippen molar-refractivity contribution in [1.82, 2.24) is 0 Å². The molecule has 1 unspecified atom stereocenters. The predicted molar refractivity (Wildman–Crippen MR) is 63.7 cm³/mol. The van der Waals surface area contributed by atoms with E-state index in [0.29, 0.717) is 18.4 Å². The van der Waals surface area contributed by atoms with E-state index in [1.807, 2.05) is 0 Å². The number of carbonyl (C=O) groups excluding carboxylic acids is 1. The molecular formula is C13H12N2O3. The fraction of sp³-hybridized carbons (Fsp3) is 0.385. The van der Waals surface area contributed by atoms with Crippen LogP contribution >= 0.6 is 0 Å². The molecule has 1 aromatic carbocycles. The molecule has 0 aromatic heterocycles. The summed E-state index contributed by atoms with van der Waals surface area (Å²) >= 11 is 0. The summed E-state index contributed by atoms with van der Waals surface area (Å²) in [5, 5.41) is 19.9. The van der Waals surface area contributed by atoms with Crippen LogP contribution in [-0.2, 0) is 11.2 Å². The zero-order valence-electron chi connectivity index (χ0n) is 9.76. The molecule has 0 bridgehead atoms. The highest BCUT2D eigenvalue weighted by atomic mass is 16.6. The Morgan fingerprint density at radius 2 is 2.28 bits per heavy atom. The molecule has 5 heteroatoms. The smallest absolute Gasteiger partial charge is 0.269 e. The van der Waals surface area contributed by atoms with Crippen LogP contribution in [0.1, 0.15) is 24.8 Å². The molecule has 1 atom stereocenters. The fourth-order valence-corrected chi connectivity index (χ4v) is 2.40. The van der Waals surface area contributed by atoms with Gasteiger partial charge in [0.05, 0.1) is 11.0 Å². The minimum absolute atomic E-state index is 0.00830. The number of ketones is 1. The van der Waals surface area contributed by atoms with Crippen molar-refractivity contribution in [3.63, 3.8) is 0 Å². The first-order chi connectivity index (χ1) is 8.57. The molecule has 1 saturated carbocycles. The molecular weight excluding hydrogens is 232 g/mol. The van der Waals surface area contributed by atoms with Crippen molar-refractivity contribution in [3.8, 4) is 6.07 Å². The number of nitrogens with zero attached hydrogens (tertiary/aromatic N) is 2. The van der Waals surface area contributed by atoms with E-state index in [9.17, 15) is 20.2 Å². The van der Waals surface area contributed by atoms with Crippen LogP contribution in [0.3, 0.4) is 0 Å². The molecule has 0 saturated heterocycles. The Morgan fingerprint density at radius 1 is 1.50 bits per heavy atom. The maximum absolute atomic E-state index is 11.8. The second kappa shape index (κ2) is 4.57. The Hall–Kier alpha value is -2.22. The van der Waals surface area contributed by atoms with Crippen LogP contribution in [0.25, 0.3) is 0 Å². The topological polar surface area (TPSA) is 84.0 Å². The lowest BCUT2D eigenvalue weighted by molar-refractivity contribution is -0.384. The van der Waals surface area contributed by atoms with Crippen molar-refractivity contribution < 1.29 is 9.72 Å². The summed E-state index contributed by atoms with van der Waals surface area (Å²) in [6, 6.07) is 8.24. The number of rotatable bonds is 3. The van der Waals surface area contributed by atoms with E-state index < -0.39 is 10.3 Å². The normalized spacial score (nSPS) is 22.7. The number of nitriles is 1. The Kier molecular flexibility index (Phi) is 3.11. The lowest BCUT2D eigenvalue weighted by Gasteiger charge is -2.18. The van der Waals surface area contributed by atoms with E-state index in [-0.39, 0.29) is 17.9 Å². The minimum atomic E-state index is -0.977. The molecule has 18 heavy (non-hydrogen) atoms. The molecule has 0 aliphatic heterocycles. The van der Waals surface area contributed by atoms with Crippen LogP contribution < -0.4 is 0 Å². The maximum Gasteiger partial charge on any atom is 0.269 e. The molecule has 0 N–H and O–H groups in total. The van der Waals surface area contributed by atoms with Crippen molar-refractivity contribution in [1.29, 1.82) is 5.26 Å². The highest BCUT2D eigenvalue weighted by molar-refractivity contribution is 5.89. The number of benzene rings is 1. The van der Waals surface area contributed by atoms with E-state index in [2.05, 4.69) is 6.07 Å². The van der Waals surface area contributed by atoms with Gasteiger partial charge in [-0.25, -0.2) is 0 Å². The molecule has 0 radical (unpaired) electrons. The third-order valence-corrected chi connectivity index (χ3v) is 3.38. The van der Waals surface area contributed by atoms with E-state index in [1.165, 1.54) is 12.1 Å². The number of nitro groups is 1. The van der Waals surface area contributed by atoms with Crippen LogP contribution in [0, 0.1) is 26.9 Å². The zero-order chi connectivity index (χ0) is 13.2. The monoisotopic (exact) mass is 244 g/mol. The molecule has 1 aliphatic carbocycles. The average molecular weight is 244 g/mol. The van der Waals surface area contributed by atoms with E-state index in [4.69, 9.17) is 0 Å². The van der Waals surface area contributed by atoms with Crippen LogP contribution in [-0.4, -0.2) is 10.7 Å². The van der Waals surface area contributed by atoms with Gasteiger partial charge in [0, 0.05) is 18.6 Å². The quantitative estimate of drug-likeness (QED) is 0.603. The van der Waals surface area contributed by atoms with Gasteiger partial charge in [0.2, 0.25) is 0 Å². The van der Waals surface area contributed by atoms with Gasteiger partial charge in [0.25, 0.3) is 5.69 Å². The van der Waals surface area contributed by atoms with Crippen LogP contribution in [0.5, 0.6) is 0 Å². The number of Topliss-reactive ketones (excluding diaryl/α,β-unsaturated/α-hetero) is 1. The van der Waals surface area contributed by atoms with Crippen molar-refractivity contribution in [3.05, 3.63) is 39.9 Å². The molecule has 0 heterocycles. The van der Waals surface area contributed by atoms with Gasteiger partial charge in [0.15, 0.2) is 5.78 Å². The molecule has 1 aromatic rings.